The van der Waals surface area contributed by atoms with E-state index in [-0.39, 0.29) is 0 Å². The Bertz CT molecular complexity index is 1570. The second kappa shape index (κ2) is 9.55. The first-order valence-electron chi connectivity index (χ1n) is 11.9. The van der Waals surface area contributed by atoms with Crippen molar-refractivity contribution in [2.75, 3.05) is 5.32 Å². The second-order valence-corrected chi connectivity index (χ2v) is 9.12. The van der Waals surface area contributed by atoms with E-state index >= 15 is 0 Å². The molecule has 0 radical (unpaired) electrons. The van der Waals surface area contributed by atoms with Gasteiger partial charge in [0.15, 0.2) is 0 Å². The van der Waals surface area contributed by atoms with E-state index in [1.807, 2.05) is 30.3 Å². The zero-order valence-corrected chi connectivity index (χ0v) is 20.8. The summed E-state index contributed by atoms with van der Waals surface area (Å²) < 4.78 is 8.71. The van der Waals surface area contributed by atoms with Crippen molar-refractivity contribution in [2.24, 2.45) is 0 Å². The van der Waals surface area contributed by atoms with E-state index in [4.69, 9.17) is 20.0 Å². The molecule has 0 amide bonds. The van der Waals surface area contributed by atoms with Crippen LogP contribution in [-0.2, 0) is 6.54 Å². The molecule has 0 unspecified atom stereocenters. The summed E-state index contributed by atoms with van der Waals surface area (Å²) in [7, 11) is 0. The fourth-order valence-corrected chi connectivity index (χ4v) is 4.54. The number of rotatable bonds is 6. The quantitative estimate of drug-likeness (QED) is 0.284. The minimum Gasteiger partial charge on any atom is -0.436 e. The smallest absolute Gasteiger partial charge is 0.249 e. The molecule has 1 N–H and O–H groups in total. The van der Waals surface area contributed by atoms with Crippen LogP contribution in [0.3, 0.4) is 0 Å². The molecule has 3 aromatic carbocycles. The summed E-state index contributed by atoms with van der Waals surface area (Å²) in [6, 6.07) is 23.9. The molecule has 0 saturated carbocycles. The van der Waals surface area contributed by atoms with E-state index in [0.29, 0.717) is 23.9 Å². The van der Waals surface area contributed by atoms with Gasteiger partial charge in [0, 0.05) is 18.4 Å². The van der Waals surface area contributed by atoms with E-state index < -0.39 is 0 Å². The zero-order chi connectivity index (χ0) is 25.2. The van der Waals surface area contributed by atoms with Crippen LogP contribution in [0.4, 0.5) is 11.6 Å². The lowest BCUT2D eigenvalue weighted by Crippen LogP contribution is -2.04. The van der Waals surface area contributed by atoms with Gasteiger partial charge in [0.25, 0.3) is 0 Å². The van der Waals surface area contributed by atoms with E-state index in [9.17, 15) is 0 Å². The minimum atomic E-state index is 0.435. The Balaban J connectivity index is 1.64. The molecule has 0 spiro atoms. The van der Waals surface area contributed by atoms with Crippen molar-refractivity contribution in [3.8, 4) is 17.7 Å². The summed E-state index contributed by atoms with van der Waals surface area (Å²) in [6.07, 6.45) is 2.10. The van der Waals surface area contributed by atoms with Gasteiger partial charge in [0.2, 0.25) is 11.8 Å². The molecule has 6 nitrogen and oxygen atoms in total. The third kappa shape index (κ3) is 4.64. The molecule has 0 fully saturated rings. The number of hydrogen-bond donors (Lipinski definition) is 1. The Labute approximate surface area is 210 Å². The van der Waals surface area contributed by atoms with Crippen LogP contribution in [-0.4, -0.2) is 14.5 Å². The van der Waals surface area contributed by atoms with Gasteiger partial charge in [-0.1, -0.05) is 48.0 Å². The molecule has 6 heteroatoms. The largest absolute Gasteiger partial charge is 0.436 e. The Kier molecular flexibility index (Phi) is 6.14. The van der Waals surface area contributed by atoms with Crippen LogP contribution in [0.25, 0.3) is 11.0 Å². The maximum atomic E-state index is 9.10. The number of fused-ring (bicyclic) bond motifs is 1. The van der Waals surface area contributed by atoms with Gasteiger partial charge < -0.3 is 14.6 Å². The molecular formula is C30H27N5O. The fraction of sp³-hybridized carbons (Fsp3) is 0.167. The highest BCUT2D eigenvalue weighted by atomic mass is 16.5. The molecular weight excluding hydrogens is 446 g/mol. The summed E-state index contributed by atoms with van der Waals surface area (Å²) in [6.45, 7) is 8.92. The first-order valence-corrected chi connectivity index (χ1v) is 11.9. The van der Waals surface area contributed by atoms with E-state index in [2.05, 4.69) is 74.1 Å². The molecule has 0 aliphatic rings. The normalized spacial score (nSPS) is 10.9. The SMILES string of the molecule is Cc1cc(C)c(Oc2nc(Nc3ccc(C#N)cc3)nc3c(C)cn(Cc4ccccc4)c23)c(C)c1. The number of aryl methyl sites for hydroxylation is 4. The molecule has 5 aromatic rings. The maximum absolute atomic E-state index is 9.10. The predicted octanol–water partition coefficient (Wildman–Crippen LogP) is 7.12. The van der Waals surface area contributed by atoms with Gasteiger partial charge in [-0.2, -0.15) is 10.2 Å². The summed E-state index contributed by atoms with van der Waals surface area (Å²) >= 11 is 0. The molecule has 2 aromatic heterocycles. The number of hydrogen-bond acceptors (Lipinski definition) is 5. The van der Waals surface area contributed by atoms with Gasteiger partial charge >= 0.3 is 0 Å². The van der Waals surface area contributed by atoms with Crippen molar-refractivity contribution in [3.63, 3.8) is 0 Å². The van der Waals surface area contributed by atoms with Crippen molar-refractivity contribution >= 4 is 22.7 Å². The van der Waals surface area contributed by atoms with Crippen LogP contribution in [0, 0.1) is 39.0 Å². The first-order chi connectivity index (χ1) is 17.4. The highest BCUT2D eigenvalue weighted by Gasteiger charge is 2.19. The van der Waals surface area contributed by atoms with Crippen molar-refractivity contribution in [3.05, 3.63) is 106 Å². The van der Waals surface area contributed by atoms with Gasteiger partial charge in [0.1, 0.15) is 16.8 Å². The lowest BCUT2D eigenvalue weighted by atomic mass is 10.1. The number of anilines is 2. The van der Waals surface area contributed by atoms with Crippen LogP contribution in [0.5, 0.6) is 11.6 Å². The van der Waals surface area contributed by atoms with Gasteiger partial charge in [-0.3, -0.25) is 0 Å². The Hall–Kier alpha value is -4.63. The van der Waals surface area contributed by atoms with Gasteiger partial charge in [0.05, 0.1) is 11.6 Å². The summed E-state index contributed by atoms with van der Waals surface area (Å²) in [5.74, 6) is 1.73. The Morgan fingerprint density at radius 2 is 1.58 bits per heavy atom. The molecule has 0 aliphatic heterocycles. The van der Waals surface area contributed by atoms with Crippen molar-refractivity contribution < 1.29 is 4.74 Å². The summed E-state index contributed by atoms with van der Waals surface area (Å²) in [4.78, 5) is 9.67. The number of aromatic nitrogens is 3. The molecule has 0 aliphatic carbocycles. The molecule has 178 valence electrons. The maximum Gasteiger partial charge on any atom is 0.249 e. The molecule has 0 bridgehead atoms. The van der Waals surface area contributed by atoms with Gasteiger partial charge in [-0.25, -0.2) is 4.98 Å². The average molecular weight is 474 g/mol. The average Bonchev–Trinajstić information content (AvgIpc) is 3.17. The highest BCUT2D eigenvalue weighted by Crippen LogP contribution is 2.35. The van der Waals surface area contributed by atoms with Crippen LogP contribution in [0.15, 0.2) is 72.9 Å². The van der Waals surface area contributed by atoms with Crippen LogP contribution < -0.4 is 10.1 Å². The van der Waals surface area contributed by atoms with E-state index in [1.165, 1.54) is 11.1 Å². The summed E-state index contributed by atoms with van der Waals surface area (Å²) in [5.41, 5.74) is 8.59. The van der Waals surface area contributed by atoms with Gasteiger partial charge in [-0.15, -0.1) is 0 Å². The number of nitrogens with one attached hydrogen (secondary N) is 1. The Morgan fingerprint density at radius 3 is 2.25 bits per heavy atom. The predicted molar refractivity (Wildman–Crippen MR) is 143 cm³/mol. The van der Waals surface area contributed by atoms with Crippen molar-refractivity contribution in [1.82, 2.24) is 14.5 Å². The second-order valence-electron chi connectivity index (χ2n) is 9.12. The van der Waals surface area contributed by atoms with E-state index in [0.717, 1.165) is 39.2 Å². The summed E-state index contributed by atoms with van der Waals surface area (Å²) in [5, 5.41) is 12.4. The molecule has 2 heterocycles. The van der Waals surface area contributed by atoms with Crippen molar-refractivity contribution in [1.29, 1.82) is 5.26 Å². The third-order valence-electron chi connectivity index (χ3n) is 6.13. The number of nitriles is 1. The molecule has 5 rings (SSSR count). The number of nitrogens with zero attached hydrogens (tertiary/aromatic N) is 4. The fourth-order valence-electron chi connectivity index (χ4n) is 4.54. The molecule has 0 saturated heterocycles. The Morgan fingerprint density at radius 1 is 0.889 bits per heavy atom. The lowest BCUT2D eigenvalue weighted by molar-refractivity contribution is 0.459. The van der Waals surface area contributed by atoms with Gasteiger partial charge in [-0.05, 0) is 74.2 Å². The highest BCUT2D eigenvalue weighted by molar-refractivity contribution is 5.86. The van der Waals surface area contributed by atoms with E-state index in [1.54, 1.807) is 12.1 Å². The monoisotopic (exact) mass is 473 g/mol. The van der Waals surface area contributed by atoms with Crippen molar-refractivity contribution in [2.45, 2.75) is 34.2 Å². The zero-order valence-electron chi connectivity index (χ0n) is 20.8. The van der Waals surface area contributed by atoms with Crippen LogP contribution >= 0.6 is 0 Å². The minimum absolute atomic E-state index is 0.435. The third-order valence-corrected chi connectivity index (χ3v) is 6.13. The van der Waals surface area contributed by atoms with Crippen LogP contribution in [0.1, 0.15) is 33.4 Å². The number of benzene rings is 3. The first kappa shape index (κ1) is 23.1. The molecule has 36 heavy (non-hydrogen) atoms. The lowest BCUT2D eigenvalue weighted by Gasteiger charge is -2.15. The topological polar surface area (TPSA) is 75.8 Å². The number of ether oxygens (including phenoxy) is 1. The standard InChI is InChI=1S/C30H27N5O/c1-19-14-20(2)28(21(3)15-19)36-29-27-26(22(4)17-35(27)18-24-8-6-5-7-9-24)33-30(34-29)32-25-12-10-23(16-31)11-13-25/h5-15,17H,18H2,1-4H3,(H,32,33,34). The van der Waals surface area contributed by atoms with Crippen LogP contribution in [0.2, 0.25) is 0 Å². The molecule has 0 atom stereocenters.